The molecule has 1 amide bonds. The predicted octanol–water partition coefficient (Wildman–Crippen LogP) is 2.80. The van der Waals surface area contributed by atoms with Crippen LogP contribution in [0.4, 0.5) is 4.79 Å². The molecular weight excluding hydrogens is 240 g/mol. The predicted molar refractivity (Wildman–Crippen MR) is 74.0 cm³/mol. The molecule has 0 atom stereocenters. The first-order chi connectivity index (χ1) is 8.83. The zero-order valence-electron chi connectivity index (χ0n) is 12.1. The van der Waals surface area contributed by atoms with Crippen molar-refractivity contribution in [3.8, 4) is 0 Å². The first kappa shape index (κ1) is 13.8. The van der Waals surface area contributed by atoms with Gasteiger partial charge in [0, 0.05) is 25.0 Å². The molecule has 2 rings (SSSR count). The number of likely N-dealkylation sites (tertiary alicyclic amines) is 1. The van der Waals surface area contributed by atoms with Crippen molar-refractivity contribution in [3.63, 3.8) is 0 Å². The van der Waals surface area contributed by atoms with E-state index in [0.29, 0.717) is 5.92 Å². The SMILES string of the molecule is Cc1ccc(CC2CN(C(=O)OC(C)(C)C)C2)cn1. The second-order valence-corrected chi connectivity index (χ2v) is 6.26. The minimum atomic E-state index is -0.414. The van der Waals surface area contributed by atoms with Gasteiger partial charge in [-0.3, -0.25) is 4.98 Å². The van der Waals surface area contributed by atoms with Crippen LogP contribution in [0.3, 0.4) is 0 Å². The van der Waals surface area contributed by atoms with Crippen LogP contribution in [0.5, 0.6) is 0 Å². The van der Waals surface area contributed by atoms with Gasteiger partial charge in [0.1, 0.15) is 5.60 Å². The molecule has 0 aliphatic carbocycles. The number of nitrogens with zero attached hydrogens (tertiary/aromatic N) is 2. The first-order valence-electron chi connectivity index (χ1n) is 6.73. The molecule has 0 saturated carbocycles. The normalized spacial score (nSPS) is 16.1. The fraction of sp³-hybridized carbons (Fsp3) is 0.600. The molecule has 1 saturated heterocycles. The van der Waals surface area contributed by atoms with Gasteiger partial charge < -0.3 is 9.64 Å². The molecule has 0 bridgehead atoms. The van der Waals surface area contributed by atoms with Crippen LogP contribution in [0, 0.1) is 12.8 Å². The Morgan fingerprint density at radius 3 is 2.63 bits per heavy atom. The summed E-state index contributed by atoms with van der Waals surface area (Å²) in [5, 5.41) is 0. The van der Waals surface area contributed by atoms with Crippen LogP contribution < -0.4 is 0 Å². The van der Waals surface area contributed by atoms with Crippen LogP contribution >= 0.6 is 0 Å². The highest BCUT2D eigenvalue weighted by molar-refractivity contribution is 5.69. The van der Waals surface area contributed by atoms with E-state index in [1.54, 1.807) is 4.90 Å². The van der Waals surface area contributed by atoms with E-state index in [9.17, 15) is 4.79 Å². The van der Waals surface area contributed by atoms with Crippen LogP contribution in [0.1, 0.15) is 32.0 Å². The van der Waals surface area contributed by atoms with Gasteiger partial charge in [-0.05, 0) is 51.7 Å². The Labute approximate surface area is 114 Å². The molecule has 0 radical (unpaired) electrons. The second-order valence-electron chi connectivity index (χ2n) is 6.26. The van der Waals surface area contributed by atoms with E-state index in [4.69, 9.17) is 4.74 Å². The molecule has 2 heterocycles. The molecule has 1 aromatic rings. The molecule has 104 valence electrons. The minimum Gasteiger partial charge on any atom is -0.444 e. The Kier molecular flexibility index (Phi) is 3.78. The Bertz CT molecular complexity index is 442. The summed E-state index contributed by atoms with van der Waals surface area (Å²) < 4.78 is 5.33. The molecule has 1 aliphatic heterocycles. The van der Waals surface area contributed by atoms with Crippen molar-refractivity contribution in [3.05, 3.63) is 29.6 Å². The van der Waals surface area contributed by atoms with Gasteiger partial charge in [-0.25, -0.2) is 4.79 Å². The van der Waals surface area contributed by atoms with Gasteiger partial charge in [0.2, 0.25) is 0 Å². The quantitative estimate of drug-likeness (QED) is 0.823. The van der Waals surface area contributed by atoms with Crippen LogP contribution in [0.25, 0.3) is 0 Å². The third kappa shape index (κ3) is 3.94. The monoisotopic (exact) mass is 262 g/mol. The standard InChI is InChI=1S/C15H22N2O2/c1-11-5-6-12(8-16-11)7-13-9-17(10-13)14(18)19-15(2,3)4/h5-6,8,13H,7,9-10H2,1-4H3. The van der Waals surface area contributed by atoms with E-state index in [0.717, 1.165) is 25.2 Å². The van der Waals surface area contributed by atoms with Crippen LogP contribution in [0.2, 0.25) is 0 Å². The van der Waals surface area contributed by atoms with Gasteiger partial charge in [0.05, 0.1) is 0 Å². The van der Waals surface area contributed by atoms with Crippen molar-refractivity contribution in [2.45, 2.75) is 39.7 Å². The third-order valence-corrected chi connectivity index (χ3v) is 3.11. The van der Waals surface area contributed by atoms with Crippen molar-refractivity contribution >= 4 is 6.09 Å². The lowest BCUT2D eigenvalue weighted by Gasteiger charge is -2.39. The average Bonchev–Trinajstić information content (AvgIpc) is 2.22. The smallest absolute Gasteiger partial charge is 0.410 e. The van der Waals surface area contributed by atoms with E-state index < -0.39 is 5.60 Å². The maximum atomic E-state index is 11.8. The summed E-state index contributed by atoms with van der Waals surface area (Å²) in [4.78, 5) is 17.8. The lowest BCUT2D eigenvalue weighted by Crippen LogP contribution is -2.52. The summed E-state index contributed by atoms with van der Waals surface area (Å²) in [6, 6.07) is 4.14. The zero-order chi connectivity index (χ0) is 14.0. The van der Waals surface area contributed by atoms with Gasteiger partial charge in [-0.2, -0.15) is 0 Å². The minimum absolute atomic E-state index is 0.203. The topological polar surface area (TPSA) is 42.4 Å². The number of aryl methyl sites for hydroxylation is 1. The molecule has 4 heteroatoms. The fourth-order valence-electron chi connectivity index (χ4n) is 2.13. The highest BCUT2D eigenvalue weighted by atomic mass is 16.6. The maximum Gasteiger partial charge on any atom is 0.410 e. The summed E-state index contributed by atoms with van der Waals surface area (Å²) in [6.45, 7) is 9.21. The van der Waals surface area contributed by atoms with Crippen molar-refractivity contribution < 1.29 is 9.53 Å². The summed E-state index contributed by atoms with van der Waals surface area (Å²) in [7, 11) is 0. The van der Waals surface area contributed by atoms with Crippen LogP contribution in [-0.2, 0) is 11.2 Å². The van der Waals surface area contributed by atoms with E-state index in [-0.39, 0.29) is 6.09 Å². The number of carbonyl (C=O) groups is 1. The molecule has 4 nitrogen and oxygen atoms in total. The number of hydrogen-bond acceptors (Lipinski definition) is 3. The molecule has 1 fully saturated rings. The lowest BCUT2D eigenvalue weighted by atomic mass is 9.93. The van der Waals surface area contributed by atoms with Crippen molar-refractivity contribution in [1.82, 2.24) is 9.88 Å². The van der Waals surface area contributed by atoms with Gasteiger partial charge in [-0.1, -0.05) is 6.07 Å². The highest BCUT2D eigenvalue weighted by Gasteiger charge is 2.33. The number of amides is 1. The molecule has 0 spiro atoms. The third-order valence-electron chi connectivity index (χ3n) is 3.11. The Hall–Kier alpha value is -1.58. The summed E-state index contributed by atoms with van der Waals surface area (Å²) in [6.07, 6.45) is 2.70. The van der Waals surface area contributed by atoms with E-state index in [1.807, 2.05) is 40.0 Å². The van der Waals surface area contributed by atoms with Crippen molar-refractivity contribution in [2.24, 2.45) is 5.92 Å². The van der Waals surface area contributed by atoms with Gasteiger partial charge in [0.25, 0.3) is 0 Å². The summed E-state index contributed by atoms with van der Waals surface area (Å²) in [5.74, 6) is 0.525. The zero-order valence-corrected chi connectivity index (χ0v) is 12.1. The molecular formula is C15H22N2O2. The molecule has 1 aliphatic rings. The van der Waals surface area contributed by atoms with E-state index in [2.05, 4.69) is 11.1 Å². The second kappa shape index (κ2) is 5.19. The van der Waals surface area contributed by atoms with Crippen LogP contribution in [0.15, 0.2) is 18.3 Å². The Morgan fingerprint density at radius 2 is 2.11 bits per heavy atom. The van der Waals surface area contributed by atoms with Crippen LogP contribution in [-0.4, -0.2) is 34.7 Å². The number of pyridine rings is 1. The van der Waals surface area contributed by atoms with Gasteiger partial charge >= 0.3 is 6.09 Å². The van der Waals surface area contributed by atoms with E-state index >= 15 is 0 Å². The van der Waals surface area contributed by atoms with Gasteiger partial charge in [0.15, 0.2) is 0 Å². The Balaban J connectivity index is 1.77. The first-order valence-corrected chi connectivity index (χ1v) is 6.73. The summed E-state index contributed by atoms with van der Waals surface area (Å²) in [5.41, 5.74) is 1.86. The average molecular weight is 262 g/mol. The maximum absolute atomic E-state index is 11.8. The van der Waals surface area contributed by atoms with E-state index in [1.165, 1.54) is 5.56 Å². The van der Waals surface area contributed by atoms with Crippen molar-refractivity contribution in [1.29, 1.82) is 0 Å². The number of ether oxygens (including phenoxy) is 1. The number of aromatic nitrogens is 1. The number of rotatable bonds is 2. The molecule has 0 aromatic carbocycles. The number of carbonyl (C=O) groups excluding carboxylic acids is 1. The van der Waals surface area contributed by atoms with Crippen molar-refractivity contribution in [2.75, 3.05) is 13.1 Å². The number of hydrogen-bond donors (Lipinski definition) is 0. The Morgan fingerprint density at radius 1 is 1.42 bits per heavy atom. The molecule has 0 unspecified atom stereocenters. The largest absolute Gasteiger partial charge is 0.444 e. The van der Waals surface area contributed by atoms with Gasteiger partial charge in [-0.15, -0.1) is 0 Å². The molecule has 1 aromatic heterocycles. The molecule has 0 N–H and O–H groups in total. The fourth-order valence-corrected chi connectivity index (χ4v) is 2.13. The molecule has 19 heavy (non-hydrogen) atoms. The lowest BCUT2D eigenvalue weighted by molar-refractivity contribution is -0.000884. The highest BCUT2D eigenvalue weighted by Crippen LogP contribution is 2.22. The summed E-state index contributed by atoms with van der Waals surface area (Å²) >= 11 is 0.